The van der Waals surface area contributed by atoms with Crippen molar-refractivity contribution in [3.63, 3.8) is 0 Å². The first kappa shape index (κ1) is 18.6. The Kier molecular flexibility index (Phi) is 6.12. The summed E-state index contributed by atoms with van der Waals surface area (Å²) in [7, 11) is -0.359. The van der Waals surface area contributed by atoms with E-state index >= 15 is 0 Å². The Morgan fingerprint density at radius 1 is 1.04 bits per heavy atom. The molecule has 0 aliphatic rings. The molecule has 0 spiro atoms. The molecule has 130 valence electrons. The van der Waals surface area contributed by atoms with Gasteiger partial charge in [-0.3, -0.25) is 0 Å². The fraction of sp³-hybridized carbons (Fsp3) is 0.333. The van der Waals surface area contributed by atoms with Crippen LogP contribution in [0.3, 0.4) is 0 Å². The highest BCUT2D eigenvalue weighted by molar-refractivity contribution is 7.89. The molecule has 0 amide bonds. The monoisotopic (exact) mass is 348 g/mol. The Bertz CT molecular complexity index is 771. The zero-order valence-electron chi connectivity index (χ0n) is 14.2. The van der Waals surface area contributed by atoms with Crippen LogP contribution in [0.4, 0.5) is 0 Å². The lowest BCUT2D eigenvalue weighted by atomic mass is 10.1. The van der Waals surface area contributed by atoms with Crippen LogP contribution in [0.5, 0.6) is 0 Å². The summed E-state index contributed by atoms with van der Waals surface area (Å²) in [4.78, 5) is 0.286. The van der Waals surface area contributed by atoms with Gasteiger partial charge in [0.1, 0.15) is 0 Å². The number of sulfonamides is 1. The van der Waals surface area contributed by atoms with Crippen molar-refractivity contribution in [3.05, 3.63) is 65.2 Å². The highest BCUT2D eigenvalue weighted by Gasteiger charge is 2.17. The van der Waals surface area contributed by atoms with Crippen LogP contribution in [0.1, 0.15) is 29.7 Å². The molecule has 2 N–H and O–H groups in total. The van der Waals surface area contributed by atoms with Gasteiger partial charge in [-0.2, -0.15) is 0 Å². The van der Waals surface area contributed by atoms with Crippen molar-refractivity contribution >= 4 is 10.0 Å². The minimum atomic E-state index is -3.40. The molecule has 6 heteroatoms. The number of nitrogens with one attached hydrogen (secondary N) is 1. The minimum absolute atomic E-state index is 0.0172. The first-order valence-corrected chi connectivity index (χ1v) is 9.23. The summed E-state index contributed by atoms with van der Waals surface area (Å²) in [5.74, 6) is 0. The van der Waals surface area contributed by atoms with Crippen LogP contribution in [0, 0.1) is 0 Å². The summed E-state index contributed by atoms with van der Waals surface area (Å²) in [5, 5.41) is 12.8. The predicted molar refractivity (Wildman–Crippen MR) is 94.9 cm³/mol. The third kappa shape index (κ3) is 4.21. The van der Waals surface area contributed by atoms with Crippen LogP contribution in [0.2, 0.25) is 0 Å². The number of nitrogens with zero attached hydrogens (tertiary/aromatic N) is 1. The second-order valence-electron chi connectivity index (χ2n) is 5.89. The molecule has 1 atom stereocenters. The third-order valence-electron chi connectivity index (χ3n) is 4.05. The Balaban J connectivity index is 2.07. The van der Waals surface area contributed by atoms with E-state index in [0.717, 1.165) is 16.7 Å². The zero-order chi connectivity index (χ0) is 17.7. The van der Waals surface area contributed by atoms with Crippen molar-refractivity contribution in [1.82, 2.24) is 9.62 Å². The molecule has 0 aromatic heterocycles. The minimum Gasteiger partial charge on any atom is -0.392 e. The normalized spacial score (nSPS) is 13.2. The van der Waals surface area contributed by atoms with Crippen LogP contribution in [0.25, 0.3) is 0 Å². The Labute approximate surface area is 144 Å². The molecular weight excluding hydrogens is 324 g/mol. The standard InChI is InChI=1S/C18H24N2O3S/c1-14(19-12-16-6-4-5-7-17(16)13-21)15-8-10-18(11-9-15)24(22,23)20(2)3/h4-11,14,19,21H,12-13H2,1-3H3. The van der Waals surface area contributed by atoms with Crippen molar-refractivity contribution in [3.8, 4) is 0 Å². The van der Waals surface area contributed by atoms with E-state index in [1.807, 2.05) is 43.3 Å². The molecule has 0 fully saturated rings. The van der Waals surface area contributed by atoms with Crippen molar-refractivity contribution in [2.45, 2.75) is 31.0 Å². The second-order valence-corrected chi connectivity index (χ2v) is 8.04. The lowest BCUT2D eigenvalue weighted by Crippen LogP contribution is -2.22. The number of aliphatic hydroxyl groups excluding tert-OH is 1. The van der Waals surface area contributed by atoms with E-state index in [1.54, 1.807) is 12.1 Å². The summed E-state index contributed by atoms with van der Waals surface area (Å²) in [6.45, 7) is 2.68. The van der Waals surface area contributed by atoms with Crippen molar-refractivity contribution in [1.29, 1.82) is 0 Å². The fourth-order valence-corrected chi connectivity index (χ4v) is 3.31. The number of benzene rings is 2. The van der Waals surface area contributed by atoms with E-state index in [1.165, 1.54) is 18.4 Å². The molecule has 2 rings (SSSR count). The quantitative estimate of drug-likeness (QED) is 0.805. The molecule has 0 aliphatic carbocycles. The largest absolute Gasteiger partial charge is 0.392 e. The molecule has 0 saturated carbocycles. The van der Waals surface area contributed by atoms with Gasteiger partial charge in [0.15, 0.2) is 0 Å². The summed E-state index contributed by atoms with van der Waals surface area (Å²) in [6.07, 6.45) is 0. The molecule has 5 nitrogen and oxygen atoms in total. The Hall–Kier alpha value is -1.73. The van der Waals surface area contributed by atoms with Crippen LogP contribution in [-0.4, -0.2) is 31.9 Å². The average Bonchev–Trinajstić information content (AvgIpc) is 2.59. The molecule has 24 heavy (non-hydrogen) atoms. The zero-order valence-corrected chi connectivity index (χ0v) is 15.0. The molecule has 0 aliphatic heterocycles. The molecule has 0 bridgehead atoms. The molecule has 0 radical (unpaired) electrons. The van der Waals surface area contributed by atoms with Gasteiger partial charge in [-0.25, -0.2) is 12.7 Å². The molecule has 2 aromatic carbocycles. The second kappa shape index (κ2) is 7.90. The van der Waals surface area contributed by atoms with Gasteiger partial charge in [0.25, 0.3) is 0 Å². The lowest BCUT2D eigenvalue weighted by molar-refractivity contribution is 0.280. The molecular formula is C18H24N2O3S. The maximum Gasteiger partial charge on any atom is 0.242 e. The highest BCUT2D eigenvalue weighted by Crippen LogP contribution is 2.19. The summed E-state index contributed by atoms with van der Waals surface area (Å²) < 4.78 is 25.4. The molecule has 1 unspecified atom stereocenters. The van der Waals surface area contributed by atoms with Crippen LogP contribution in [-0.2, 0) is 23.2 Å². The van der Waals surface area contributed by atoms with E-state index in [4.69, 9.17) is 0 Å². The molecule has 0 saturated heterocycles. The van der Waals surface area contributed by atoms with E-state index in [-0.39, 0.29) is 17.5 Å². The van der Waals surface area contributed by atoms with E-state index in [0.29, 0.717) is 6.54 Å². The summed E-state index contributed by atoms with van der Waals surface area (Å²) in [5.41, 5.74) is 2.97. The third-order valence-corrected chi connectivity index (χ3v) is 5.88. The fourth-order valence-electron chi connectivity index (χ4n) is 2.40. The van der Waals surface area contributed by atoms with Gasteiger partial charge in [0.05, 0.1) is 11.5 Å². The van der Waals surface area contributed by atoms with Crippen molar-refractivity contribution < 1.29 is 13.5 Å². The smallest absolute Gasteiger partial charge is 0.242 e. The maximum absolute atomic E-state index is 12.1. The average molecular weight is 348 g/mol. The molecule has 2 aromatic rings. The van der Waals surface area contributed by atoms with E-state index in [9.17, 15) is 13.5 Å². The lowest BCUT2D eigenvalue weighted by Gasteiger charge is -2.17. The number of hydrogen-bond acceptors (Lipinski definition) is 4. The van der Waals surface area contributed by atoms with Gasteiger partial charge in [0, 0.05) is 26.7 Å². The SMILES string of the molecule is CC(NCc1ccccc1CO)c1ccc(S(=O)(=O)N(C)C)cc1. The maximum atomic E-state index is 12.1. The van der Waals surface area contributed by atoms with Crippen LogP contribution < -0.4 is 5.32 Å². The summed E-state index contributed by atoms with van der Waals surface area (Å²) >= 11 is 0. The van der Waals surface area contributed by atoms with Gasteiger partial charge in [-0.15, -0.1) is 0 Å². The Morgan fingerprint density at radius 3 is 2.17 bits per heavy atom. The predicted octanol–water partition coefficient (Wildman–Crippen LogP) is 2.28. The number of aliphatic hydroxyl groups is 1. The number of hydrogen-bond donors (Lipinski definition) is 2. The Morgan fingerprint density at radius 2 is 1.62 bits per heavy atom. The molecule has 0 heterocycles. The van der Waals surface area contributed by atoms with E-state index in [2.05, 4.69) is 5.32 Å². The van der Waals surface area contributed by atoms with Crippen molar-refractivity contribution in [2.24, 2.45) is 0 Å². The van der Waals surface area contributed by atoms with Gasteiger partial charge in [0.2, 0.25) is 10.0 Å². The number of rotatable bonds is 7. The van der Waals surface area contributed by atoms with Gasteiger partial charge >= 0.3 is 0 Å². The van der Waals surface area contributed by atoms with Gasteiger partial charge in [-0.1, -0.05) is 36.4 Å². The topological polar surface area (TPSA) is 69.6 Å². The van der Waals surface area contributed by atoms with Crippen molar-refractivity contribution in [2.75, 3.05) is 14.1 Å². The van der Waals surface area contributed by atoms with Gasteiger partial charge in [-0.05, 0) is 35.7 Å². The summed E-state index contributed by atoms with van der Waals surface area (Å²) in [6, 6.07) is 14.7. The van der Waals surface area contributed by atoms with Crippen LogP contribution >= 0.6 is 0 Å². The van der Waals surface area contributed by atoms with E-state index < -0.39 is 10.0 Å². The van der Waals surface area contributed by atoms with Gasteiger partial charge < -0.3 is 10.4 Å². The first-order chi connectivity index (χ1) is 11.4. The first-order valence-electron chi connectivity index (χ1n) is 7.79. The van der Waals surface area contributed by atoms with Crippen LogP contribution in [0.15, 0.2) is 53.4 Å². The highest BCUT2D eigenvalue weighted by atomic mass is 32.2.